The van der Waals surface area contributed by atoms with E-state index in [9.17, 15) is 4.79 Å². The van der Waals surface area contributed by atoms with Crippen LogP contribution in [0.1, 0.15) is 36.8 Å². The lowest BCUT2D eigenvalue weighted by molar-refractivity contribution is 0.0755. The first kappa shape index (κ1) is 13.5. The molecule has 0 aromatic carbocycles. The molecule has 1 heterocycles. The van der Waals surface area contributed by atoms with Gasteiger partial charge in [-0.25, -0.2) is 4.98 Å². The van der Waals surface area contributed by atoms with E-state index < -0.39 is 0 Å². The first-order valence-electron chi connectivity index (χ1n) is 5.95. The van der Waals surface area contributed by atoms with Crippen LogP contribution in [0.2, 0.25) is 0 Å². The summed E-state index contributed by atoms with van der Waals surface area (Å²) in [5.41, 5.74) is 1.54. The zero-order valence-corrected chi connectivity index (χ0v) is 11.2. The van der Waals surface area contributed by atoms with Crippen LogP contribution in [0, 0.1) is 6.92 Å². The van der Waals surface area contributed by atoms with E-state index in [1.54, 1.807) is 11.0 Å². The Balaban J connectivity index is 3.01. The smallest absolute Gasteiger partial charge is 0.254 e. The predicted molar refractivity (Wildman–Crippen MR) is 70.4 cm³/mol. The Bertz CT molecular complexity index is 402. The average molecular weight is 235 g/mol. The quantitative estimate of drug-likeness (QED) is 0.871. The highest BCUT2D eigenvalue weighted by Gasteiger charge is 2.15. The zero-order valence-electron chi connectivity index (χ0n) is 11.2. The van der Waals surface area contributed by atoms with Gasteiger partial charge in [-0.2, -0.15) is 0 Å². The van der Waals surface area contributed by atoms with Crippen molar-refractivity contribution in [1.82, 2.24) is 9.88 Å². The summed E-state index contributed by atoms with van der Waals surface area (Å²) in [6, 6.07) is 3.82. The van der Waals surface area contributed by atoms with Crippen LogP contribution >= 0.6 is 0 Å². The molecule has 4 nitrogen and oxygen atoms in total. The summed E-state index contributed by atoms with van der Waals surface area (Å²) in [6.45, 7) is 8.69. The largest absolute Gasteiger partial charge is 0.370 e. The number of carbonyl (C=O) groups is 1. The Morgan fingerprint density at radius 1 is 1.47 bits per heavy atom. The van der Waals surface area contributed by atoms with E-state index in [2.05, 4.69) is 10.3 Å². The van der Waals surface area contributed by atoms with Crippen molar-refractivity contribution in [1.29, 1.82) is 0 Å². The molecule has 1 amide bonds. The number of hydrogen-bond acceptors (Lipinski definition) is 3. The molecule has 0 saturated heterocycles. The summed E-state index contributed by atoms with van der Waals surface area (Å²) < 4.78 is 0. The summed E-state index contributed by atoms with van der Waals surface area (Å²) in [4.78, 5) is 18.2. The highest BCUT2D eigenvalue weighted by Crippen LogP contribution is 2.13. The highest BCUT2D eigenvalue weighted by atomic mass is 16.2. The van der Waals surface area contributed by atoms with Gasteiger partial charge in [0.1, 0.15) is 5.82 Å². The van der Waals surface area contributed by atoms with Gasteiger partial charge < -0.3 is 10.2 Å². The number of rotatable bonds is 4. The van der Waals surface area contributed by atoms with Gasteiger partial charge in [0.05, 0.1) is 0 Å². The lowest BCUT2D eigenvalue weighted by atomic mass is 10.2. The lowest BCUT2D eigenvalue weighted by Gasteiger charge is -2.21. The molecule has 0 atom stereocenters. The zero-order chi connectivity index (χ0) is 13.0. The molecular formula is C13H21N3O. The second-order valence-corrected chi connectivity index (χ2v) is 4.42. The number of carbonyl (C=O) groups excluding carboxylic acids is 1. The van der Waals surface area contributed by atoms with Crippen molar-refractivity contribution in [2.24, 2.45) is 0 Å². The van der Waals surface area contributed by atoms with Gasteiger partial charge in [-0.05, 0) is 39.8 Å². The molecule has 17 heavy (non-hydrogen) atoms. The van der Waals surface area contributed by atoms with Crippen LogP contribution in [0.15, 0.2) is 12.1 Å². The maximum Gasteiger partial charge on any atom is 0.254 e. The molecule has 0 aliphatic heterocycles. The van der Waals surface area contributed by atoms with Crippen molar-refractivity contribution in [3.63, 3.8) is 0 Å². The fraction of sp³-hybridized carbons (Fsp3) is 0.538. The van der Waals surface area contributed by atoms with Crippen LogP contribution in [0.25, 0.3) is 0 Å². The number of amides is 1. The molecule has 1 rings (SSSR count). The molecule has 1 aromatic rings. The van der Waals surface area contributed by atoms with Crippen LogP contribution in [-0.4, -0.2) is 35.4 Å². The maximum absolute atomic E-state index is 12.2. The Kier molecular flexibility index (Phi) is 4.49. The van der Waals surface area contributed by atoms with Crippen LogP contribution in [-0.2, 0) is 0 Å². The van der Waals surface area contributed by atoms with Crippen molar-refractivity contribution < 1.29 is 4.79 Å². The van der Waals surface area contributed by atoms with E-state index in [0.717, 1.165) is 18.1 Å². The second kappa shape index (κ2) is 5.66. The van der Waals surface area contributed by atoms with Gasteiger partial charge in [-0.15, -0.1) is 0 Å². The first-order chi connectivity index (χ1) is 7.95. The maximum atomic E-state index is 12.2. The monoisotopic (exact) mass is 235 g/mol. The number of anilines is 1. The Morgan fingerprint density at radius 2 is 2.12 bits per heavy atom. The van der Waals surface area contributed by atoms with Crippen LogP contribution in [0.3, 0.4) is 0 Å². The van der Waals surface area contributed by atoms with Crippen molar-refractivity contribution in [2.75, 3.05) is 18.9 Å². The molecule has 1 aromatic heterocycles. The van der Waals surface area contributed by atoms with Crippen molar-refractivity contribution >= 4 is 11.7 Å². The second-order valence-electron chi connectivity index (χ2n) is 4.42. The molecule has 0 unspecified atom stereocenters. The fourth-order valence-corrected chi connectivity index (χ4v) is 1.50. The molecule has 4 heteroatoms. The number of nitrogens with zero attached hydrogens (tertiary/aromatic N) is 2. The number of nitrogens with one attached hydrogen (secondary N) is 1. The van der Waals surface area contributed by atoms with Crippen molar-refractivity contribution in [3.8, 4) is 0 Å². The van der Waals surface area contributed by atoms with Gasteiger partial charge in [0.15, 0.2) is 0 Å². The molecule has 0 fully saturated rings. The molecule has 1 N–H and O–H groups in total. The third-order valence-corrected chi connectivity index (χ3v) is 2.65. The molecular weight excluding hydrogens is 214 g/mol. The van der Waals surface area contributed by atoms with Gasteiger partial charge in [0.2, 0.25) is 0 Å². The van der Waals surface area contributed by atoms with Crippen LogP contribution < -0.4 is 5.32 Å². The Hall–Kier alpha value is -1.58. The molecule has 0 bridgehead atoms. The van der Waals surface area contributed by atoms with Crippen LogP contribution in [0.5, 0.6) is 0 Å². The number of pyridine rings is 1. The molecule has 94 valence electrons. The summed E-state index contributed by atoms with van der Waals surface area (Å²) in [7, 11) is 1.82. The Morgan fingerprint density at radius 3 is 2.65 bits per heavy atom. The minimum absolute atomic E-state index is 0.0321. The van der Waals surface area contributed by atoms with Gasteiger partial charge in [0, 0.05) is 30.9 Å². The summed E-state index contributed by atoms with van der Waals surface area (Å²) in [6.07, 6.45) is 0. The summed E-state index contributed by atoms with van der Waals surface area (Å²) in [5, 5.41) is 3.13. The van der Waals surface area contributed by atoms with Gasteiger partial charge >= 0.3 is 0 Å². The number of aryl methyl sites for hydroxylation is 1. The molecule has 0 aliphatic rings. The topological polar surface area (TPSA) is 45.2 Å². The minimum atomic E-state index is 0.0321. The van der Waals surface area contributed by atoms with E-state index >= 15 is 0 Å². The Labute approximate surface area is 103 Å². The number of hydrogen-bond donors (Lipinski definition) is 1. The summed E-state index contributed by atoms with van der Waals surface area (Å²) in [5.74, 6) is 0.789. The molecule has 0 radical (unpaired) electrons. The predicted octanol–water partition coefficient (Wildman–Crippen LogP) is 2.30. The van der Waals surface area contributed by atoms with E-state index in [-0.39, 0.29) is 11.9 Å². The van der Waals surface area contributed by atoms with E-state index in [0.29, 0.717) is 5.56 Å². The first-order valence-corrected chi connectivity index (χ1v) is 5.95. The van der Waals surface area contributed by atoms with Crippen molar-refractivity contribution in [2.45, 2.75) is 33.7 Å². The minimum Gasteiger partial charge on any atom is -0.370 e. The van der Waals surface area contributed by atoms with Crippen molar-refractivity contribution in [3.05, 3.63) is 23.4 Å². The standard InChI is InChI=1S/C13H21N3O/c1-6-14-12-8-11(7-10(4)15-12)13(17)16(5)9(2)3/h7-9H,6H2,1-5H3,(H,14,15). The fourth-order valence-electron chi connectivity index (χ4n) is 1.50. The number of aromatic nitrogens is 1. The summed E-state index contributed by atoms with van der Waals surface area (Å²) >= 11 is 0. The third-order valence-electron chi connectivity index (χ3n) is 2.65. The third kappa shape index (κ3) is 3.44. The highest BCUT2D eigenvalue weighted by molar-refractivity contribution is 5.95. The normalized spacial score (nSPS) is 10.5. The SMILES string of the molecule is CCNc1cc(C(=O)N(C)C(C)C)cc(C)n1. The van der Waals surface area contributed by atoms with E-state index in [1.807, 2.05) is 40.8 Å². The molecule has 0 saturated carbocycles. The van der Waals surface area contributed by atoms with Crippen LogP contribution in [0.4, 0.5) is 5.82 Å². The van der Waals surface area contributed by atoms with Gasteiger partial charge in [0.25, 0.3) is 5.91 Å². The average Bonchev–Trinajstić information content (AvgIpc) is 2.26. The van der Waals surface area contributed by atoms with E-state index in [1.165, 1.54) is 0 Å². The molecule has 0 aliphatic carbocycles. The van der Waals surface area contributed by atoms with Gasteiger partial charge in [-0.1, -0.05) is 0 Å². The van der Waals surface area contributed by atoms with E-state index in [4.69, 9.17) is 0 Å². The van der Waals surface area contributed by atoms with Gasteiger partial charge in [-0.3, -0.25) is 4.79 Å². The molecule has 0 spiro atoms. The lowest BCUT2D eigenvalue weighted by Crippen LogP contribution is -2.33.